The van der Waals surface area contributed by atoms with E-state index >= 15 is 0 Å². The van der Waals surface area contributed by atoms with Crippen molar-refractivity contribution < 1.29 is 4.39 Å². The Morgan fingerprint density at radius 1 is 1.21 bits per heavy atom. The fourth-order valence-electron chi connectivity index (χ4n) is 2.21. The fraction of sp³-hybridized carbons (Fsp3) is 0.312. The van der Waals surface area contributed by atoms with E-state index in [1.54, 1.807) is 18.5 Å². The maximum absolute atomic E-state index is 13.2. The van der Waals surface area contributed by atoms with E-state index in [1.807, 2.05) is 25.1 Å². The molecule has 2 rings (SSSR count). The molecule has 2 nitrogen and oxygen atoms in total. The second-order valence-corrected chi connectivity index (χ2v) is 4.67. The second kappa shape index (κ2) is 6.43. The monoisotopic (exact) mass is 258 g/mol. The van der Waals surface area contributed by atoms with Crippen molar-refractivity contribution in [2.45, 2.75) is 26.3 Å². The quantitative estimate of drug-likeness (QED) is 0.886. The number of rotatable bonds is 5. The second-order valence-electron chi connectivity index (χ2n) is 4.67. The molecule has 0 bridgehead atoms. The van der Waals surface area contributed by atoms with Crippen molar-refractivity contribution in [3.63, 3.8) is 0 Å². The molecule has 1 unspecified atom stereocenters. The first-order chi connectivity index (χ1) is 9.22. The van der Waals surface area contributed by atoms with Gasteiger partial charge in [-0.2, -0.15) is 0 Å². The zero-order valence-electron chi connectivity index (χ0n) is 11.4. The molecule has 0 saturated carbocycles. The minimum Gasteiger partial charge on any atom is -0.306 e. The van der Waals surface area contributed by atoms with Crippen molar-refractivity contribution in [3.05, 3.63) is 65.2 Å². The van der Waals surface area contributed by atoms with Gasteiger partial charge in [-0.25, -0.2) is 4.39 Å². The van der Waals surface area contributed by atoms with Gasteiger partial charge in [-0.3, -0.25) is 4.98 Å². The molecule has 0 radical (unpaired) electrons. The zero-order chi connectivity index (χ0) is 13.7. The van der Waals surface area contributed by atoms with Gasteiger partial charge in [0.05, 0.1) is 6.04 Å². The minimum absolute atomic E-state index is 0.0866. The molecular weight excluding hydrogens is 239 g/mol. The first-order valence-corrected chi connectivity index (χ1v) is 6.61. The van der Waals surface area contributed by atoms with E-state index in [0.29, 0.717) is 0 Å². The highest BCUT2D eigenvalue weighted by molar-refractivity contribution is 5.36. The number of pyridine rings is 1. The molecule has 1 atom stereocenters. The normalized spacial score (nSPS) is 12.4. The summed E-state index contributed by atoms with van der Waals surface area (Å²) < 4.78 is 13.2. The van der Waals surface area contributed by atoms with E-state index in [2.05, 4.69) is 17.2 Å². The maximum atomic E-state index is 13.2. The molecule has 3 heteroatoms. The number of aryl methyl sites for hydroxylation is 1. The lowest BCUT2D eigenvalue weighted by atomic mass is 9.95. The molecule has 0 spiro atoms. The van der Waals surface area contributed by atoms with Crippen LogP contribution in [0.3, 0.4) is 0 Å². The van der Waals surface area contributed by atoms with Gasteiger partial charge in [0, 0.05) is 12.4 Å². The van der Waals surface area contributed by atoms with Crippen LogP contribution in [0.2, 0.25) is 0 Å². The van der Waals surface area contributed by atoms with Gasteiger partial charge in [-0.15, -0.1) is 0 Å². The summed E-state index contributed by atoms with van der Waals surface area (Å²) in [6, 6.07) is 9.04. The predicted octanol–water partition coefficient (Wildman–Crippen LogP) is 3.62. The van der Waals surface area contributed by atoms with Gasteiger partial charge >= 0.3 is 0 Å². The van der Waals surface area contributed by atoms with Crippen molar-refractivity contribution in [3.8, 4) is 0 Å². The molecular formula is C16H19FN2. The third-order valence-electron chi connectivity index (χ3n) is 3.18. The van der Waals surface area contributed by atoms with Crippen LogP contribution in [0.5, 0.6) is 0 Å². The standard InChI is InChI=1S/C16H19FN2/c1-3-8-19-16(13-6-9-18-10-7-13)15-5-4-14(17)11-12(15)2/h4-7,9-11,16,19H,3,8H2,1-2H3. The van der Waals surface area contributed by atoms with Crippen molar-refractivity contribution in [2.24, 2.45) is 0 Å². The molecule has 0 amide bonds. The Kier molecular flexibility index (Phi) is 4.63. The SMILES string of the molecule is CCCNC(c1ccncc1)c1ccc(F)cc1C. The summed E-state index contributed by atoms with van der Waals surface area (Å²) in [4.78, 5) is 4.05. The summed E-state index contributed by atoms with van der Waals surface area (Å²) in [7, 11) is 0. The number of benzene rings is 1. The number of nitrogens with zero attached hydrogens (tertiary/aromatic N) is 1. The van der Waals surface area contributed by atoms with E-state index in [1.165, 1.54) is 6.07 Å². The van der Waals surface area contributed by atoms with Crippen LogP contribution in [0.1, 0.15) is 36.1 Å². The highest BCUT2D eigenvalue weighted by atomic mass is 19.1. The van der Waals surface area contributed by atoms with Crippen molar-refractivity contribution >= 4 is 0 Å². The largest absolute Gasteiger partial charge is 0.306 e. The lowest BCUT2D eigenvalue weighted by Gasteiger charge is -2.21. The van der Waals surface area contributed by atoms with Gasteiger partial charge in [-0.05, 0) is 60.8 Å². The molecule has 0 aliphatic carbocycles. The Morgan fingerprint density at radius 3 is 2.58 bits per heavy atom. The van der Waals surface area contributed by atoms with Crippen molar-refractivity contribution in [1.29, 1.82) is 0 Å². The summed E-state index contributed by atoms with van der Waals surface area (Å²) in [5.41, 5.74) is 3.23. The lowest BCUT2D eigenvalue weighted by molar-refractivity contribution is 0.589. The van der Waals surface area contributed by atoms with Crippen LogP contribution in [0, 0.1) is 12.7 Å². The fourth-order valence-corrected chi connectivity index (χ4v) is 2.21. The predicted molar refractivity (Wildman–Crippen MR) is 75.5 cm³/mol. The number of aromatic nitrogens is 1. The van der Waals surface area contributed by atoms with Gasteiger partial charge in [0.15, 0.2) is 0 Å². The molecule has 100 valence electrons. The molecule has 1 N–H and O–H groups in total. The average Bonchev–Trinajstić information content (AvgIpc) is 2.42. The molecule has 2 aromatic rings. The van der Waals surface area contributed by atoms with Crippen LogP contribution in [-0.2, 0) is 0 Å². The Labute approximate surface area is 113 Å². The summed E-state index contributed by atoms with van der Waals surface area (Å²) in [5.74, 6) is -0.190. The third-order valence-corrected chi connectivity index (χ3v) is 3.18. The molecule has 1 aromatic heterocycles. The van der Waals surface area contributed by atoms with Crippen molar-refractivity contribution in [1.82, 2.24) is 10.3 Å². The molecule has 19 heavy (non-hydrogen) atoms. The molecule has 0 aliphatic rings. The van der Waals surface area contributed by atoms with E-state index < -0.39 is 0 Å². The van der Waals surface area contributed by atoms with Crippen LogP contribution >= 0.6 is 0 Å². The van der Waals surface area contributed by atoms with E-state index in [9.17, 15) is 4.39 Å². The van der Waals surface area contributed by atoms with Gasteiger partial charge in [0.2, 0.25) is 0 Å². The molecule has 0 saturated heterocycles. The summed E-state index contributed by atoms with van der Waals surface area (Å²) in [6.45, 7) is 5.00. The smallest absolute Gasteiger partial charge is 0.123 e. The van der Waals surface area contributed by atoms with E-state index in [4.69, 9.17) is 0 Å². The van der Waals surface area contributed by atoms with Crippen LogP contribution < -0.4 is 5.32 Å². The Balaban J connectivity index is 2.37. The summed E-state index contributed by atoms with van der Waals surface area (Å²) in [6.07, 6.45) is 4.63. The molecule has 0 fully saturated rings. The average molecular weight is 258 g/mol. The third kappa shape index (κ3) is 3.38. The van der Waals surface area contributed by atoms with E-state index in [-0.39, 0.29) is 11.9 Å². The molecule has 0 aliphatic heterocycles. The van der Waals surface area contributed by atoms with E-state index in [0.717, 1.165) is 29.7 Å². The van der Waals surface area contributed by atoms with Crippen LogP contribution in [0.25, 0.3) is 0 Å². The van der Waals surface area contributed by atoms with Crippen molar-refractivity contribution in [2.75, 3.05) is 6.54 Å². The first kappa shape index (κ1) is 13.7. The lowest BCUT2D eigenvalue weighted by Crippen LogP contribution is -2.24. The van der Waals surface area contributed by atoms with Gasteiger partial charge in [0.1, 0.15) is 5.82 Å². The molecule has 1 aromatic carbocycles. The van der Waals surface area contributed by atoms with Crippen LogP contribution in [0.4, 0.5) is 4.39 Å². The number of hydrogen-bond acceptors (Lipinski definition) is 2. The number of halogens is 1. The topological polar surface area (TPSA) is 24.9 Å². The highest BCUT2D eigenvalue weighted by Crippen LogP contribution is 2.25. The minimum atomic E-state index is -0.190. The number of hydrogen-bond donors (Lipinski definition) is 1. The maximum Gasteiger partial charge on any atom is 0.123 e. The highest BCUT2D eigenvalue weighted by Gasteiger charge is 2.15. The molecule has 1 heterocycles. The van der Waals surface area contributed by atoms with Crippen LogP contribution in [-0.4, -0.2) is 11.5 Å². The first-order valence-electron chi connectivity index (χ1n) is 6.61. The Morgan fingerprint density at radius 2 is 1.95 bits per heavy atom. The Bertz CT molecular complexity index is 526. The Hall–Kier alpha value is -1.74. The zero-order valence-corrected chi connectivity index (χ0v) is 11.4. The summed E-state index contributed by atoms with van der Waals surface area (Å²) >= 11 is 0. The van der Waals surface area contributed by atoms with Gasteiger partial charge in [0.25, 0.3) is 0 Å². The number of nitrogens with one attached hydrogen (secondary N) is 1. The van der Waals surface area contributed by atoms with Gasteiger partial charge in [-0.1, -0.05) is 13.0 Å². The summed E-state index contributed by atoms with van der Waals surface area (Å²) in [5, 5.41) is 3.51. The van der Waals surface area contributed by atoms with Crippen LogP contribution in [0.15, 0.2) is 42.7 Å². The van der Waals surface area contributed by atoms with Gasteiger partial charge < -0.3 is 5.32 Å².